The molecule has 2 fully saturated rings. The van der Waals surface area contributed by atoms with Crippen LogP contribution >= 0.6 is 0 Å². The smallest absolute Gasteiger partial charge is 0.225 e. The highest BCUT2D eigenvalue weighted by molar-refractivity contribution is 5.79. The summed E-state index contributed by atoms with van der Waals surface area (Å²) >= 11 is 0. The maximum atomic E-state index is 12.6. The number of carbonyl (C=O) groups excluding carboxylic acids is 1. The zero-order chi connectivity index (χ0) is 13.0. The topological polar surface area (TPSA) is 29.5 Å². The predicted molar refractivity (Wildman–Crippen MR) is 72.4 cm³/mol. The van der Waals surface area contributed by atoms with E-state index in [0.717, 1.165) is 38.6 Å². The number of ether oxygens (including phenoxy) is 1. The van der Waals surface area contributed by atoms with E-state index in [4.69, 9.17) is 4.74 Å². The summed E-state index contributed by atoms with van der Waals surface area (Å²) in [5.41, 5.74) is 0. The number of piperidine rings is 1. The quantitative estimate of drug-likeness (QED) is 0.774. The molecule has 1 saturated heterocycles. The Bertz CT molecular complexity index is 272. The van der Waals surface area contributed by atoms with Crippen LogP contribution in [-0.2, 0) is 9.53 Å². The van der Waals surface area contributed by atoms with Gasteiger partial charge in [0.05, 0.1) is 6.10 Å². The maximum absolute atomic E-state index is 12.6. The third kappa shape index (κ3) is 3.05. The van der Waals surface area contributed by atoms with Crippen molar-refractivity contribution in [1.82, 2.24) is 4.90 Å². The number of carbonyl (C=O) groups is 1. The standard InChI is InChI=1S/C15H27NO2/c1-3-13-6-4-5-11-16(13)15(17)12-7-9-14(18-2)10-8-12/h12-14H,3-11H2,1-2H3. The molecular weight excluding hydrogens is 226 g/mol. The SMILES string of the molecule is CCC1CCCCN1C(=O)C1CCC(OC)CC1. The van der Waals surface area contributed by atoms with Crippen molar-refractivity contribution in [1.29, 1.82) is 0 Å². The molecule has 0 bridgehead atoms. The highest BCUT2D eigenvalue weighted by Gasteiger charge is 2.33. The number of likely N-dealkylation sites (tertiary alicyclic amines) is 1. The second kappa shape index (κ2) is 6.55. The summed E-state index contributed by atoms with van der Waals surface area (Å²) in [6.45, 7) is 3.19. The van der Waals surface area contributed by atoms with Crippen molar-refractivity contribution in [3.8, 4) is 0 Å². The van der Waals surface area contributed by atoms with Crippen molar-refractivity contribution in [2.24, 2.45) is 5.92 Å². The fourth-order valence-corrected chi connectivity index (χ4v) is 3.50. The van der Waals surface area contributed by atoms with Crippen LogP contribution < -0.4 is 0 Å². The number of hydrogen-bond acceptors (Lipinski definition) is 2. The van der Waals surface area contributed by atoms with E-state index in [1.807, 2.05) is 0 Å². The van der Waals surface area contributed by atoms with E-state index in [0.29, 0.717) is 18.1 Å². The van der Waals surface area contributed by atoms with Crippen LogP contribution in [0.4, 0.5) is 0 Å². The zero-order valence-electron chi connectivity index (χ0n) is 11.9. The largest absolute Gasteiger partial charge is 0.381 e. The van der Waals surface area contributed by atoms with Crippen LogP contribution in [0.2, 0.25) is 0 Å². The average molecular weight is 253 g/mol. The number of hydrogen-bond donors (Lipinski definition) is 0. The Kier molecular flexibility index (Phi) is 5.04. The zero-order valence-corrected chi connectivity index (χ0v) is 11.9. The third-order valence-corrected chi connectivity index (χ3v) is 4.74. The van der Waals surface area contributed by atoms with Gasteiger partial charge in [-0.15, -0.1) is 0 Å². The lowest BCUT2D eigenvalue weighted by molar-refractivity contribution is -0.141. The molecular formula is C15H27NO2. The molecule has 2 aliphatic rings. The van der Waals surface area contributed by atoms with Gasteiger partial charge in [-0.1, -0.05) is 6.92 Å². The average Bonchev–Trinajstić information content (AvgIpc) is 2.46. The van der Waals surface area contributed by atoms with Crippen molar-refractivity contribution >= 4 is 5.91 Å². The van der Waals surface area contributed by atoms with Crippen LogP contribution in [-0.4, -0.2) is 36.6 Å². The highest BCUT2D eigenvalue weighted by Crippen LogP contribution is 2.30. The van der Waals surface area contributed by atoms with E-state index in [2.05, 4.69) is 11.8 Å². The maximum Gasteiger partial charge on any atom is 0.225 e. The van der Waals surface area contributed by atoms with Crippen molar-refractivity contribution in [3.05, 3.63) is 0 Å². The van der Waals surface area contributed by atoms with E-state index in [-0.39, 0.29) is 5.92 Å². The summed E-state index contributed by atoms with van der Waals surface area (Å²) in [4.78, 5) is 14.8. The highest BCUT2D eigenvalue weighted by atomic mass is 16.5. The first-order valence-corrected chi connectivity index (χ1v) is 7.59. The third-order valence-electron chi connectivity index (χ3n) is 4.74. The lowest BCUT2D eigenvalue weighted by Crippen LogP contribution is -2.47. The van der Waals surface area contributed by atoms with Gasteiger partial charge in [-0.2, -0.15) is 0 Å². The van der Waals surface area contributed by atoms with Gasteiger partial charge < -0.3 is 9.64 Å². The molecule has 0 spiro atoms. The Morgan fingerprint density at radius 1 is 1.17 bits per heavy atom. The molecule has 2 rings (SSSR count). The van der Waals surface area contributed by atoms with E-state index >= 15 is 0 Å². The summed E-state index contributed by atoms with van der Waals surface area (Å²) in [6, 6.07) is 0.506. The van der Waals surface area contributed by atoms with Gasteiger partial charge in [-0.05, 0) is 51.4 Å². The Balaban J connectivity index is 1.90. The molecule has 1 saturated carbocycles. The molecule has 0 N–H and O–H groups in total. The Morgan fingerprint density at radius 3 is 2.50 bits per heavy atom. The molecule has 104 valence electrons. The molecule has 1 atom stereocenters. The fraction of sp³-hybridized carbons (Fsp3) is 0.933. The molecule has 0 aromatic rings. The van der Waals surface area contributed by atoms with Gasteiger partial charge >= 0.3 is 0 Å². The summed E-state index contributed by atoms with van der Waals surface area (Å²) in [5.74, 6) is 0.694. The first-order valence-electron chi connectivity index (χ1n) is 7.59. The van der Waals surface area contributed by atoms with Crippen molar-refractivity contribution in [3.63, 3.8) is 0 Å². The van der Waals surface area contributed by atoms with Crippen molar-refractivity contribution < 1.29 is 9.53 Å². The second-order valence-electron chi connectivity index (χ2n) is 5.80. The molecule has 1 aliphatic heterocycles. The molecule has 1 heterocycles. The molecule has 1 aliphatic carbocycles. The van der Waals surface area contributed by atoms with Gasteiger partial charge in [0.15, 0.2) is 0 Å². The summed E-state index contributed by atoms with van der Waals surface area (Å²) < 4.78 is 5.38. The fourth-order valence-electron chi connectivity index (χ4n) is 3.50. The first-order chi connectivity index (χ1) is 8.76. The molecule has 0 aromatic heterocycles. The lowest BCUT2D eigenvalue weighted by Gasteiger charge is -2.39. The predicted octanol–water partition coefficient (Wildman–Crippen LogP) is 2.98. The second-order valence-corrected chi connectivity index (χ2v) is 5.80. The van der Waals surface area contributed by atoms with Gasteiger partial charge in [-0.25, -0.2) is 0 Å². The van der Waals surface area contributed by atoms with Crippen molar-refractivity contribution in [2.45, 2.75) is 70.4 Å². The van der Waals surface area contributed by atoms with Crippen LogP contribution in [0.5, 0.6) is 0 Å². The van der Waals surface area contributed by atoms with Crippen LogP contribution in [0.25, 0.3) is 0 Å². The first kappa shape index (κ1) is 13.9. The molecule has 0 radical (unpaired) electrons. The van der Waals surface area contributed by atoms with E-state index < -0.39 is 0 Å². The minimum absolute atomic E-state index is 0.267. The van der Waals surface area contributed by atoms with E-state index in [1.165, 1.54) is 19.3 Å². The number of nitrogens with zero attached hydrogens (tertiary/aromatic N) is 1. The number of methoxy groups -OCH3 is 1. The molecule has 1 amide bonds. The summed E-state index contributed by atoms with van der Waals surface area (Å²) in [5, 5.41) is 0. The van der Waals surface area contributed by atoms with E-state index in [1.54, 1.807) is 7.11 Å². The molecule has 0 aromatic carbocycles. The lowest BCUT2D eigenvalue weighted by atomic mass is 9.85. The van der Waals surface area contributed by atoms with Crippen LogP contribution in [0.3, 0.4) is 0 Å². The van der Waals surface area contributed by atoms with Gasteiger partial charge in [0.2, 0.25) is 5.91 Å². The number of amides is 1. The van der Waals surface area contributed by atoms with Crippen LogP contribution in [0.15, 0.2) is 0 Å². The Hall–Kier alpha value is -0.570. The Morgan fingerprint density at radius 2 is 1.89 bits per heavy atom. The normalized spacial score (nSPS) is 33.4. The summed E-state index contributed by atoms with van der Waals surface area (Å²) in [6.07, 6.45) is 9.32. The van der Waals surface area contributed by atoms with Gasteiger partial charge in [0.1, 0.15) is 0 Å². The molecule has 3 heteroatoms. The van der Waals surface area contributed by atoms with Crippen LogP contribution in [0.1, 0.15) is 58.3 Å². The van der Waals surface area contributed by atoms with Crippen LogP contribution in [0, 0.1) is 5.92 Å². The van der Waals surface area contributed by atoms with E-state index in [9.17, 15) is 4.79 Å². The van der Waals surface area contributed by atoms with Gasteiger partial charge in [0.25, 0.3) is 0 Å². The monoisotopic (exact) mass is 253 g/mol. The van der Waals surface area contributed by atoms with Gasteiger partial charge in [-0.3, -0.25) is 4.79 Å². The molecule has 18 heavy (non-hydrogen) atoms. The van der Waals surface area contributed by atoms with Crippen molar-refractivity contribution in [2.75, 3.05) is 13.7 Å². The minimum atomic E-state index is 0.267. The molecule has 1 unspecified atom stereocenters. The number of rotatable bonds is 3. The molecule has 3 nitrogen and oxygen atoms in total. The summed E-state index contributed by atoms with van der Waals surface area (Å²) in [7, 11) is 1.78. The Labute approximate surface area is 111 Å². The van der Waals surface area contributed by atoms with Gasteiger partial charge in [0, 0.05) is 25.6 Å². The minimum Gasteiger partial charge on any atom is -0.381 e.